The quantitative estimate of drug-likeness (QED) is 0.739. The van der Waals surface area contributed by atoms with Crippen LogP contribution >= 0.6 is 11.6 Å². The first kappa shape index (κ1) is 9.10. The van der Waals surface area contributed by atoms with Gasteiger partial charge in [-0.05, 0) is 17.7 Å². The van der Waals surface area contributed by atoms with Crippen LogP contribution in [0.2, 0.25) is 5.02 Å². The van der Waals surface area contributed by atoms with Gasteiger partial charge in [-0.3, -0.25) is 0 Å². The Hall–Kier alpha value is -0.990. The number of halogens is 1. The predicted molar refractivity (Wildman–Crippen MR) is 49.2 cm³/mol. The highest BCUT2D eigenvalue weighted by Gasteiger charge is 1.96. The number of benzene rings is 1. The van der Waals surface area contributed by atoms with Crippen molar-refractivity contribution in [2.45, 2.75) is 0 Å². The van der Waals surface area contributed by atoms with E-state index in [4.69, 9.17) is 21.8 Å². The molecule has 0 radical (unpaired) electrons. The van der Waals surface area contributed by atoms with Crippen LogP contribution in [-0.2, 0) is 0 Å². The minimum atomic E-state index is -0.00149. The second kappa shape index (κ2) is 4.14. The van der Waals surface area contributed by atoms with E-state index in [-0.39, 0.29) is 12.4 Å². The van der Waals surface area contributed by atoms with Crippen LogP contribution in [0.5, 0.6) is 5.75 Å². The molecule has 0 bridgehead atoms. The second-order valence-corrected chi connectivity index (χ2v) is 2.70. The summed E-state index contributed by atoms with van der Waals surface area (Å²) in [5.41, 5.74) is 0.854. The predicted octanol–water partition coefficient (Wildman–Crippen LogP) is 2.05. The molecule has 1 aromatic rings. The summed E-state index contributed by atoms with van der Waals surface area (Å²) in [5.74, 6) is 0.0674. The van der Waals surface area contributed by atoms with Crippen molar-refractivity contribution in [3.8, 4) is 5.75 Å². The highest BCUT2D eigenvalue weighted by atomic mass is 35.5. The van der Waals surface area contributed by atoms with Crippen LogP contribution < -0.4 is 0 Å². The third kappa shape index (κ3) is 2.26. The van der Waals surface area contributed by atoms with Crippen molar-refractivity contribution in [1.82, 2.24) is 0 Å². The fraction of sp³-hybridized carbons (Fsp3) is 0.111. The molecule has 0 aliphatic rings. The molecule has 0 amide bonds. The zero-order valence-electron chi connectivity index (χ0n) is 6.37. The van der Waals surface area contributed by atoms with Crippen LogP contribution in [0.25, 0.3) is 6.08 Å². The maximum atomic E-state index is 9.06. The lowest BCUT2D eigenvalue weighted by atomic mass is 10.2. The summed E-state index contributed by atoms with van der Waals surface area (Å²) in [6, 6.07) is 4.86. The second-order valence-electron chi connectivity index (χ2n) is 2.30. The van der Waals surface area contributed by atoms with Gasteiger partial charge in [0.2, 0.25) is 0 Å². The van der Waals surface area contributed by atoms with Crippen molar-refractivity contribution in [3.63, 3.8) is 0 Å². The van der Waals surface area contributed by atoms with Gasteiger partial charge in [-0.2, -0.15) is 0 Å². The molecule has 0 aromatic heterocycles. The molecule has 0 unspecified atom stereocenters. The monoisotopic (exact) mass is 184 g/mol. The Kier molecular flexibility index (Phi) is 3.14. The number of rotatable bonds is 2. The van der Waals surface area contributed by atoms with E-state index in [1.165, 1.54) is 6.07 Å². The molecule has 1 aromatic carbocycles. The number of aromatic hydroxyl groups is 1. The molecule has 12 heavy (non-hydrogen) atoms. The number of hydrogen-bond donors (Lipinski definition) is 2. The first-order valence-electron chi connectivity index (χ1n) is 3.50. The number of hydrogen-bond acceptors (Lipinski definition) is 2. The minimum absolute atomic E-state index is 0.00149. The number of phenolic OH excluding ortho intramolecular Hbond substituents is 1. The molecule has 1 rings (SSSR count). The van der Waals surface area contributed by atoms with Gasteiger partial charge in [-0.1, -0.05) is 29.8 Å². The van der Waals surface area contributed by atoms with E-state index in [2.05, 4.69) is 0 Å². The van der Waals surface area contributed by atoms with Gasteiger partial charge in [0.05, 0.1) is 11.6 Å². The van der Waals surface area contributed by atoms with Gasteiger partial charge < -0.3 is 10.2 Å². The SMILES string of the molecule is OCC=Cc1ccc(O)c(Cl)c1. The third-order valence-electron chi connectivity index (χ3n) is 1.39. The zero-order valence-corrected chi connectivity index (χ0v) is 7.12. The molecule has 0 fully saturated rings. The van der Waals surface area contributed by atoms with Crippen molar-refractivity contribution in [2.24, 2.45) is 0 Å². The van der Waals surface area contributed by atoms with Gasteiger partial charge in [0.15, 0.2) is 0 Å². The maximum absolute atomic E-state index is 9.06. The fourth-order valence-electron chi connectivity index (χ4n) is 0.816. The highest BCUT2D eigenvalue weighted by Crippen LogP contribution is 2.23. The lowest BCUT2D eigenvalue weighted by Gasteiger charge is -1.97. The summed E-state index contributed by atoms with van der Waals surface area (Å²) in [4.78, 5) is 0. The zero-order chi connectivity index (χ0) is 8.97. The van der Waals surface area contributed by atoms with Crippen LogP contribution in [0.15, 0.2) is 24.3 Å². The van der Waals surface area contributed by atoms with E-state index in [0.717, 1.165) is 5.56 Å². The molecule has 3 heteroatoms. The van der Waals surface area contributed by atoms with E-state index < -0.39 is 0 Å². The summed E-state index contributed by atoms with van der Waals surface area (Å²) >= 11 is 5.65. The minimum Gasteiger partial charge on any atom is -0.506 e. The van der Waals surface area contributed by atoms with Crippen LogP contribution in [-0.4, -0.2) is 16.8 Å². The van der Waals surface area contributed by atoms with E-state index >= 15 is 0 Å². The lowest BCUT2D eigenvalue weighted by molar-refractivity contribution is 0.343. The molecule has 2 nitrogen and oxygen atoms in total. The summed E-state index contributed by atoms with van der Waals surface area (Å²) in [7, 11) is 0. The fourth-order valence-corrected chi connectivity index (χ4v) is 1.00. The Morgan fingerprint density at radius 3 is 2.75 bits per heavy atom. The molecule has 0 heterocycles. The Balaban J connectivity index is 2.89. The molecule has 0 spiro atoms. The summed E-state index contributed by atoms with van der Waals surface area (Å²) in [5, 5.41) is 17.9. The summed E-state index contributed by atoms with van der Waals surface area (Å²) in [6.45, 7) is -0.00149. The summed E-state index contributed by atoms with van der Waals surface area (Å²) in [6.07, 6.45) is 3.33. The van der Waals surface area contributed by atoms with Gasteiger partial charge in [0, 0.05) is 0 Å². The first-order valence-corrected chi connectivity index (χ1v) is 3.88. The smallest absolute Gasteiger partial charge is 0.134 e. The van der Waals surface area contributed by atoms with Crippen LogP contribution in [0.3, 0.4) is 0 Å². The largest absolute Gasteiger partial charge is 0.506 e. The molecule has 0 atom stereocenters. The van der Waals surface area contributed by atoms with Gasteiger partial charge in [0.1, 0.15) is 5.75 Å². The normalized spacial score (nSPS) is 10.8. The highest BCUT2D eigenvalue weighted by molar-refractivity contribution is 6.32. The lowest BCUT2D eigenvalue weighted by Crippen LogP contribution is -1.75. The standard InChI is InChI=1S/C9H9ClO2/c10-8-6-7(2-1-5-11)3-4-9(8)12/h1-4,6,11-12H,5H2. The molecule has 0 aliphatic heterocycles. The van der Waals surface area contributed by atoms with Gasteiger partial charge in [0.25, 0.3) is 0 Å². The Bertz CT molecular complexity index is 295. The molecule has 0 aliphatic carbocycles. The maximum Gasteiger partial charge on any atom is 0.134 e. The Labute approximate surface area is 75.7 Å². The van der Waals surface area contributed by atoms with Gasteiger partial charge >= 0.3 is 0 Å². The molecular weight excluding hydrogens is 176 g/mol. The number of aliphatic hydroxyl groups excluding tert-OH is 1. The van der Waals surface area contributed by atoms with Gasteiger partial charge in [-0.25, -0.2) is 0 Å². The summed E-state index contributed by atoms with van der Waals surface area (Å²) < 4.78 is 0. The number of phenols is 1. The van der Waals surface area contributed by atoms with Crippen molar-refractivity contribution >= 4 is 17.7 Å². The average molecular weight is 185 g/mol. The average Bonchev–Trinajstić information content (AvgIpc) is 2.07. The molecular formula is C9H9ClO2. The molecule has 64 valence electrons. The van der Waals surface area contributed by atoms with E-state index in [1.807, 2.05) is 0 Å². The van der Waals surface area contributed by atoms with Gasteiger partial charge in [-0.15, -0.1) is 0 Å². The van der Waals surface area contributed by atoms with E-state index in [1.54, 1.807) is 24.3 Å². The van der Waals surface area contributed by atoms with Crippen molar-refractivity contribution in [1.29, 1.82) is 0 Å². The van der Waals surface area contributed by atoms with E-state index in [9.17, 15) is 0 Å². The van der Waals surface area contributed by atoms with E-state index in [0.29, 0.717) is 5.02 Å². The number of aliphatic hydroxyl groups is 1. The van der Waals surface area contributed by atoms with Crippen LogP contribution in [0, 0.1) is 0 Å². The molecule has 2 N–H and O–H groups in total. The van der Waals surface area contributed by atoms with Crippen molar-refractivity contribution in [3.05, 3.63) is 34.9 Å². The van der Waals surface area contributed by atoms with Crippen LogP contribution in [0.1, 0.15) is 5.56 Å². The van der Waals surface area contributed by atoms with Crippen LogP contribution in [0.4, 0.5) is 0 Å². The molecule has 0 saturated carbocycles. The van der Waals surface area contributed by atoms with Crippen molar-refractivity contribution < 1.29 is 10.2 Å². The topological polar surface area (TPSA) is 40.5 Å². The molecule has 0 saturated heterocycles. The first-order chi connectivity index (χ1) is 5.74. The van der Waals surface area contributed by atoms with Crippen molar-refractivity contribution in [2.75, 3.05) is 6.61 Å². The Morgan fingerprint density at radius 1 is 1.42 bits per heavy atom. The Morgan fingerprint density at radius 2 is 2.17 bits per heavy atom. The third-order valence-corrected chi connectivity index (χ3v) is 1.69.